The van der Waals surface area contributed by atoms with E-state index < -0.39 is 0 Å². The fourth-order valence-corrected chi connectivity index (χ4v) is 2.83. The van der Waals surface area contributed by atoms with E-state index in [9.17, 15) is 0 Å². The van der Waals surface area contributed by atoms with Gasteiger partial charge in [0.2, 0.25) is 0 Å². The molecule has 0 fully saturated rings. The van der Waals surface area contributed by atoms with Crippen molar-refractivity contribution in [3.8, 4) is 0 Å². The van der Waals surface area contributed by atoms with Crippen LogP contribution in [0.15, 0.2) is 3.92 Å². The van der Waals surface area contributed by atoms with E-state index in [1.54, 1.807) is 11.3 Å². The zero-order valence-corrected chi connectivity index (χ0v) is 7.26. The molecule has 1 aliphatic carbocycles. The Labute approximate surface area is 66.2 Å². The number of aromatic nitrogens is 1. The van der Waals surface area contributed by atoms with Crippen LogP contribution in [0.4, 0.5) is 0 Å². The molecule has 9 heavy (non-hydrogen) atoms. The lowest BCUT2D eigenvalue weighted by atomic mass is 10.4. The van der Waals surface area contributed by atoms with E-state index in [-0.39, 0.29) is 0 Å². The molecule has 0 amide bonds. The standard InChI is InChI=1S/C6H6BrNS/c7-6-8-4-2-1-3-5(4)9-6/h1-3H2. The van der Waals surface area contributed by atoms with Gasteiger partial charge in [0.15, 0.2) is 3.92 Å². The topological polar surface area (TPSA) is 12.9 Å². The summed E-state index contributed by atoms with van der Waals surface area (Å²) in [5.74, 6) is 0. The van der Waals surface area contributed by atoms with Crippen LogP contribution in [-0.2, 0) is 12.8 Å². The smallest absolute Gasteiger partial charge is 0.159 e. The zero-order chi connectivity index (χ0) is 6.27. The summed E-state index contributed by atoms with van der Waals surface area (Å²) in [5, 5.41) is 0. The molecule has 0 saturated heterocycles. The van der Waals surface area contributed by atoms with E-state index in [4.69, 9.17) is 0 Å². The van der Waals surface area contributed by atoms with E-state index in [2.05, 4.69) is 20.9 Å². The summed E-state index contributed by atoms with van der Waals surface area (Å²) in [5.41, 5.74) is 1.33. The summed E-state index contributed by atoms with van der Waals surface area (Å²) in [6.45, 7) is 0. The van der Waals surface area contributed by atoms with E-state index in [0.717, 1.165) is 3.92 Å². The number of aryl methyl sites for hydroxylation is 2. The first-order valence-electron chi connectivity index (χ1n) is 3.00. The highest BCUT2D eigenvalue weighted by atomic mass is 79.9. The van der Waals surface area contributed by atoms with Gasteiger partial charge in [0.1, 0.15) is 0 Å². The highest BCUT2D eigenvalue weighted by Gasteiger charge is 2.14. The molecule has 1 nitrogen and oxygen atoms in total. The fraction of sp³-hybridized carbons (Fsp3) is 0.500. The SMILES string of the molecule is Brc1nc2c(s1)CCC2. The predicted octanol–water partition coefficient (Wildman–Crippen LogP) is 2.39. The lowest BCUT2D eigenvalue weighted by Gasteiger charge is -1.79. The maximum Gasteiger partial charge on any atom is 0.159 e. The lowest BCUT2D eigenvalue weighted by molar-refractivity contribution is 0.898. The van der Waals surface area contributed by atoms with Crippen LogP contribution in [0, 0.1) is 0 Å². The van der Waals surface area contributed by atoms with Crippen LogP contribution in [0.25, 0.3) is 0 Å². The summed E-state index contributed by atoms with van der Waals surface area (Å²) in [6.07, 6.45) is 3.75. The number of thiazole rings is 1. The molecule has 0 radical (unpaired) electrons. The van der Waals surface area contributed by atoms with Crippen molar-refractivity contribution in [2.75, 3.05) is 0 Å². The van der Waals surface area contributed by atoms with Crippen molar-refractivity contribution in [2.24, 2.45) is 0 Å². The molecule has 0 aromatic carbocycles. The van der Waals surface area contributed by atoms with Crippen LogP contribution in [0.1, 0.15) is 17.0 Å². The molecular formula is C6H6BrNS. The second kappa shape index (κ2) is 2.06. The van der Waals surface area contributed by atoms with Gasteiger partial charge in [-0.05, 0) is 35.2 Å². The van der Waals surface area contributed by atoms with Crippen molar-refractivity contribution >= 4 is 27.3 Å². The van der Waals surface area contributed by atoms with Gasteiger partial charge in [-0.15, -0.1) is 11.3 Å². The van der Waals surface area contributed by atoms with Gasteiger partial charge in [-0.3, -0.25) is 0 Å². The van der Waals surface area contributed by atoms with Crippen LogP contribution in [-0.4, -0.2) is 4.98 Å². The molecule has 1 aliphatic rings. The summed E-state index contributed by atoms with van der Waals surface area (Å²) in [6, 6.07) is 0. The molecule has 2 rings (SSSR count). The molecule has 0 N–H and O–H groups in total. The van der Waals surface area contributed by atoms with E-state index in [1.165, 1.54) is 29.8 Å². The van der Waals surface area contributed by atoms with Crippen molar-refractivity contribution in [1.29, 1.82) is 0 Å². The summed E-state index contributed by atoms with van der Waals surface area (Å²) < 4.78 is 1.05. The number of rotatable bonds is 0. The molecule has 0 unspecified atom stereocenters. The molecule has 0 saturated carbocycles. The molecule has 1 aromatic heterocycles. The van der Waals surface area contributed by atoms with Crippen molar-refractivity contribution in [3.63, 3.8) is 0 Å². The van der Waals surface area contributed by atoms with E-state index >= 15 is 0 Å². The van der Waals surface area contributed by atoms with Gasteiger partial charge in [-0.1, -0.05) is 0 Å². The maximum absolute atomic E-state index is 4.33. The van der Waals surface area contributed by atoms with Crippen LogP contribution in [0.5, 0.6) is 0 Å². The highest BCUT2D eigenvalue weighted by Crippen LogP contribution is 2.29. The third-order valence-corrected chi connectivity index (χ3v) is 3.18. The second-order valence-corrected chi connectivity index (χ2v) is 4.55. The first-order chi connectivity index (χ1) is 4.36. The molecule has 1 aromatic rings. The van der Waals surface area contributed by atoms with Crippen LogP contribution < -0.4 is 0 Å². The van der Waals surface area contributed by atoms with Crippen LogP contribution in [0.3, 0.4) is 0 Å². The summed E-state index contributed by atoms with van der Waals surface area (Å²) in [4.78, 5) is 5.81. The number of hydrogen-bond acceptors (Lipinski definition) is 2. The number of fused-ring (bicyclic) bond motifs is 1. The third kappa shape index (κ3) is 0.923. The van der Waals surface area contributed by atoms with Crippen LogP contribution >= 0.6 is 27.3 Å². The third-order valence-electron chi connectivity index (χ3n) is 1.57. The highest BCUT2D eigenvalue weighted by molar-refractivity contribution is 9.11. The monoisotopic (exact) mass is 203 g/mol. The Morgan fingerprint density at radius 1 is 1.44 bits per heavy atom. The molecule has 48 valence electrons. The van der Waals surface area contributed by atoms with Gasteiger partial charge in [0, 0.05) is 4.88 Å². The fourth-order valence-electron chi connectivity index (χ4n) is 1.16. The zero-order valence-electron chi connectivity index (χ0n) is 4.85. The Balaban J connectivity index is 2.51. The van der Waals surface area contributed by atoms with Crippen molar-refractivity contribution in [2.45, 2.75) is 19.3 Å². The van der Waals surface area contributed by atoms with Crippen molar-refractivity contribution in [3.05, 3.63) is 14.5 Å². The van der Waals surface area contributed by atoms with Crippen molar-refractivity contribution < 1.29 is 0 Å². The molecule has 3 heteroatoms. The minimum atomic E-state index is 1.05. The summed E-state index contributed by atoms with van der Waals surface area (Å²) >= 11 is 5.15. The van der Waals surface area contributed by atoms with Gasteiger partial charge < -0.3 is 0 Å². The molecule has 0 aliphatic heterocycles. The van der Waals surface area contributed by atoms with Gasteiger partial charge in [-0.25, -0.2) is 4.98 Å². The summed E-state index contributed by atoms with van der Waals surface area (Å²) in [7, 11) is 0. The Hall–Kier alpha value is 0.110. The molecule has 0 atom stereocenters. The average Bonchev–Trinajstić information content (AvgIpc) is 2.22. The van der Waals surface area contributed by atoms with Crippen molar-refractivity contribution in [1.82, 2.24) is 4.98 Å². The second-order valence-electron chi connectivity index (χ2n) is 2.19. The van der Waals surface area contributed by atoms with Gasteiger partial charge >= 0.3 is 0 Å². The number of halogens is 1. The Morgan fingerprint density at radius 2 is 2.33 bits per heavy atom. The molecular weight excluding hydrogens is 198 g/mol. The van der Waals surface area contributed by atoms with E-state index in [0.29, 0.717) is 0 Å². The van der Waals surface area contributed by atoms with Gasteiger partial charge in [0.25, 0.3) is 0 Å². The minimum Gasteiger partial charge on any atom is -0.234 e. The molecule has 0 spiro atoms. The van der Waals surface area contributed by atoms with Gasteiger partial charge in [-0.2, -0.15) is 0 Å². The molecule has 1 heterocycles. The Bertz CT molecular complexity index is 209. The quantitative estimate of drug-likeness (QED) is 0.632. The maximum atomic E-state index is 4.33. The number of hydrogen-bond donors (Lipinski definition) is 0. The van der Waals surface area contributed by atoms with Gasteiger partial charge in [0.05, 0.1) is 5.69 Å². The molecule has 0 bridgehead atoms. The minimum absolute atomic E-state index is 1.05. The predicted molar refractivity (Wildman–Crippen MR) is 41.8 cm³/mol. The number of nitrogens with zero attached hydrogens (tertiary/aromatic N) is 1. The average molecular weight is 204 g/mol. The van der Waals surface area contributed by atoms with E-state index in [1.807, 2.05) is 0 Å². The first-order valence-corrected chi connectivity index (χ1v) is 4.61. The Morgan fingerprint density at radius 3 is 3.11 bits per heavy atom. The first kappa shape index (κ1) is 5.86. The largest absolute Gasteiger partial charge is 0.234 e. The van der Waals surface area contributed by atoms with Crippen LogP contribution in [0.2, 0.25) is 0 Å². The lowest BCUT2D eigenvalue weighted by Crippen LogP contribution is -1.75. The normalized spacial score (nSPS) is 16.1. The Kier molecular flexibility index (Phi) is 1.34.